The van der Waals surface area contributed by atoms with E-state index in [0.717, 1.165) is 5.92 Å². The van der Waals surface area contributed by atoms with Crippen molar-refractivity contribution in [1.29, 1.82) is 0 Å². The molecule has 0 heteroatoms. The van der Waals surface area contributed by atoms with E-state index in [9.17, 15) is 0 Å². The van der Waals surface area contributed by atoms with Crippen molar-refractivity contribution in [3.05, 3.63) is 0 Å². The summed E-state index contributed by atoms with van der Waals surface area (Å²) < 4.78 is 0. The van der Waals surface area contributed by atoms with Gasteiger partial charge in [-0.2, -0.15) is 0 Å². The Morgan fingerprint density at radius 1 is 0.250 bits per heavy atom. The van der Waals surface area contributed by atoms with E-state index in [0.29, 0.717) is 0 Å². The highest BCUT2D eigenvalue weighted by molar-refractivity contribution is 4.62. The van der Waals surface area contributed by atoms with Crippen LogP contribution in [0.3, 0.4) is 0 Å². The molecule has 0 radical (unpaired) electrons. The molecular weight excluding hydrogens is 384 g/mol. The van der Waals surface area contributed by atoms with E-state index in [1.807, 2.05) is 0 Å². The highest BCUT2D eigenvalue weighted by Crippen LogP contribution is 2.24. The van der Waals surface area contributed by atoms with E-state index < -0.39 is 0 Å². The number of unbranched alkanes of at least 4 members (excludes halogenated alkanes) is 22. The van der Waals surface area contributed by atoms with Crippen LogP contribution in [-0.4, -0.2) is 0 Å². The van der Waals surface area contributed by atoms with Crippen molar-refractivity contribution < 1.29 is 0 Å². The SMILES string of the molecule is CCCCCCCCCCCCCCCCCCC(CCCCC)CCCCCCCC. The first kappa shape index (κ1) is 32.0. The van der Waals surface area contributed by atoms with Crippen LogP contribution in [0.2, 0.25) is 0 Å². The molecule has 0 saturated carbocycles. The molecular formula is C32H66. The Morgan fingerprint density at radius 2 is 0.438 bits per heavy atom. The molecule has 1 atom stereocenters. The molecule has 0 aliphatic rings. The molecule has 0 aliphatic heterocycles. The highest BCUT2D eigenvalue weighted by Gasteiger charge is 2.08. The third-order valence-electron chi connectivity index (χ3n) is 7.65. The summed E-state index contributed by atoms with van der Waals surface area (Å²) in [7, 11) is 0. The zero-order valence-electron chi connectivity index (χ0n) is 23.4. The lowest BCUT2D eigenvalue weighted by atomic mass is 9.89. The van der Waals surface area contributed by atoms with Crippen LogP contribution in [-0.2, 0) is 0 Å². The first-order chi connectivity index (χ1) is 15.8. The van der Waals surface area contributed by atoms with Gasteiger partial charge in [-0.25, -0.2) is 0 Å². The Kier molecular flexibility index (Phi) is 29.0. The summed E-state index contributed by atoms with van der Waals surface area (Å²) >= 11 is 0. The zero-order valence-corrected chi connectivity index (χ0v) is 23.4. The van der Waals surface area contributed by atoms with Crippen LogP contribution in [0, 0.1) is 5.92 Å². The van der Waals surface area contributed by atoms with Gasteiger partial charge in [0.05, 0.1) is 0 Å². The van der Waals surface area contributed by atoms with Crippen molar-refractivity contribution in [3.63, 3.8) is 0 Å². The van der Waals surface area contributed by atoms with Gasteiger partial charge in [-0.05, 0) is 5.92 Å². The zero-order chi connectivity index (χ0) is 23.4. The molecule has 0 N–H and O–H groups in total. The van der Waals surface area contributed by atoms with Gasteiger partial charge in [0.15, 0.2) is 0 Å². The van der Waals surface area contributed by atoms with Gasteiger partial charge in [-0.15, -0.1) is 0 Å². The van der Waals surface area contributed by atoms with Gasteiger partial charge in [0.2, 0.25) is 0 Å². The summed E-state index contributed by atoms with van der Waals surface area (Å²) in [5.74, 6) is 1.04. The molecule has 0 spiro atoms. The van der Waals surface area contributed by atoms with Gasteiger partial charge < -0.3 is 0 Å². The molecule has 0 aromatic carbocycles. The van der Waals surface area contributed by atoms with Crippen LogP contribution < -0.4 is 0 Å². The minimum atomic E-state index is 1.04. The minimum absolute atomic E-state index is 1.04. The Hall–Kier alpha value is 0. The molecule has 0 amide bonds. The van der Waals surface area contributed by atoms with Gasteiger partial charge >= 0.3 is 0 Å². The van der Waals surface area contributed by atoms with Gasteiger partial charge in [0, 0.05) is 0 Å². The lowest BCUT2D eigenvalue weighted by Crippen LogP contribution is -2.01. The van der Waals surface area contributed by atoms with Crippen molar-refractivity contribution in [3.8, 4) is 0 Å². The molecule has 0 saturated heterocycles. The number of hydrogen-bond acceptors (Lipinski definition) is 0. The van der Waals surface area contributed by atoms with E-state index in [-0.39, 0.29) is 0 Å². The Labute approximate surface area is 206 Å². The molecule has 0 aromatic rings. The summed E-state index contributed by atoms with van der Waals surface area (Å²) in [6.07, 6.45) is 41.3. The van der Waals surface area contributed by atoms with Crippen molar-refractivity contribution >= 4 is 0 Å². The van der Waals surface area contributed by atoms with Gasteiger partial charge in [0.25, 0.3) is 0 Å². The second-order valence-electron chi connectivity index (χ2n) is 11.0. The standard InChI is InChI=1S/C32H66/c1-4-7-10-12-14-15-16-17-18-19-20-21-22-23-25-28-31-32(29-26-9-6-3)30-27-24-13-11-8-5-2/h32H,4-31H2,1-3H3. The van der Waals surface area contributed by atoms with Crippen LogP contribution >= 0.6 is 0 Å². The second-order valence-corrected chi connectivity index (χ2v) is 11.0. The van der Waals surface area contributed by atoms with Crippen molar-refractivity contribution in [1.82, 2.24) is 0 Å². The molecule has 0 aromatic heterocycles. The average molecular weight is 451 g/mol. The van der Waals surface area contributed by atoms with E-state index in [4.69, 9.17) is 0 Å². The summed E-state index contributed by atoms with van der Waals surface area (Å²) in [4.78, 5) is 0. The first-order valence-electron chi connectivity index (χ1n) is 15.8. The molecule has 0 bridgehead atoms. The first-order valence-corrected chi connectivity index (χ1v) is 15.8. The second kappa shape index (κ2) is 29.0. The number of rotatable bonds is 28. The quantitative estimate of drug-likeness (QED) is 0.104. The lowest BCUT2D eigenvalue weighted by molar-refractivity contribution is 0.367. The predicted octanol–water partition coefficient (Wildman–Crippen LogP) is 12.6. The van der Waals surface area contributed by atoms with Crippen LogP contribution in [0.5, 0.6) is 0 Å². The molecule has 0 heterocycles. The molecule has 1 unspecified atom stereocenters. The molecule has 0 nitrogen and oxygen atoms in total. The molecule has 0 fully saturated rings. The van der Waals surface area contributed by atoms with Gasteiger partial charge in [-0.1, -0.05) is 201 Å². The van der Waals surface area contributed by atoms with Crippen molar-refractivity contribution in [2.45, 2.75) is 201 Å². The van der Waals surface area contributed by atoms with Crippen LogP contribution in [0.25, 0.3) is 0 Å². The Bertz CT molecular complexity index is 307. The molecule has 194 valence electrons. The third-order valence-corrected chi connectivity index (χ3v) is 7.65. The fourth-order valence-electron chi connectivity index (χ4n) is 5.31. The molecule has 0 aliphatic carbocycles. The fraction of sp³-hybridized carbons (Fsp3) is 1.00. The molecule has 0 rings (SSSR count). The van der Waals surface area contributed by atoms with E-state index >= 15 is 0 Å². The maximum atomic E-state index is 2.35. The van der Waals surface area contributed by atoms with Gasteiger partial charge in [0.1, 0.15) is 0 Å². The summed E-state index contributed by atoms with van der Waals surface area (Å²) in [5, 5.41) is 0. The number of hydrogen-bond donors (Lipinski definition) is 0. The average Bonchev–Trinajstić information content (AvgIpc) is 2.80. The summed E-state index contributed by atoms with van der Waals surface area (Å²) in [6, 6.07) is 0. The van der Waals surface area contributed by atoms with Crippen LogP contribution in [0.15, 0.2) is 0 Å². The smallest absolute Gasteiger partial charge is 0.0414 e. The topological polar surface area (TPSA) is 0 Å². The largest absolute Gasteiger partial charge is 0.0654 e. The van der Waals surface area contributed by atoms with Crippen LogP contribution in [0.4, 0.5) is 0 Å². The van der Waals surface area contributed by atoms with Crippen molar-refractivity contribution in [2.75, 3.05) is 0 Å². The van der Waals surface area contributed by atoms with E-state index in [1.165, 1.54) is 180 Å². The van der Waals surface area contributed by atoms with Crippen LogP contribution in [0.1, 0.15) is 201 Å². The maximum absolute atomic E-state index is 2.35. The third kappa shape index (κ3) is 26.3. The molecule has 32 heavy (non-hydrogen) atoms. The Morgan fingerprint density at radius 3 is 0.719 bits per heavy atom. The normalized spacial score (nSPS) is 12.5. The summed E-state index contributed by atoms with van der Waals surface area (Å²) in [5.41, 5.74) is 0. The van der Waals surface area contributed by atoms with E-state index in [1.54, 1.807) is 0 Å². The summed E-state index contributed by atoms with van der Waals surface area (Å²) in [6.45, 7) is 6.98. The maximum Gasteiger partial charge on any atom is -0.0414 e. The lowest BCUT2D eigenvalue weighted by Gasteiger charge is -2.17. The minimum Gasteiger partial charge on any atom is -0.0654 e. The van der Waals surface area contributed by atoms with Gasteiger partial charge in [-0.3, -0.25) is 0 Å². The van der Waals surface area contributed by atoms with Crippen molar-refractivity contribution in [2.24, 2.45) is 5.92 Å². The van der Waals surface area contributed by atoms with E-state index in [2.05, 4.69) is 20.8 Å². The fourth-order valence-corrected chi connectivity index (χ4v) is 5.31. The predicted molar refractivity (Wildman–Crippen MR) is 150 cm³/mol. The monoisotopic (exact) mass is 451 g/mol. The Balaban J connectivity index is 3.47. The highest BCUT2D eigenvalue weighted by atomic mass is 14.1.